The standard InChI is InChI=1S/C16H20FN3O2/c1-16(2,12-7-11(10-18)8-13(17)9-12)15(22)20(4)6-5-14(21)19-3/h7-9H,5-6H2,1-4H3,(H,19,21). The molecular formula is C16H20FN3O2. The van der Waals surface area contributed by atoms with Crippen molar-refractivity contribution in [2.45, 2.75) is 25.7 Å². The quantitative estimate of drug-likeness (QED) is 0.897. The molecule has 0 aliphatic rings. The molecule has 0 radical (unpaired) electrons. The number of amides is 2. The molecule has 5 nitrogen and oxygen atoms in total. The Hall–Kier alpha value is -2.42. The van der Waals surface area contributed by atoms with E-state index in [0.29, 0.717) is 5.56 Å². The molecule has 118 valence electrons. The predicted molar refractivity (Wildman–Crippen MR) is 80.5 cm³/mol. The van der Waals surface area contributed by atoms with Gasteiger partial charge in [-0.05, 0) is 37.6 Å². The molecule has 1 rings (SSSR count). The second-order valence-corrected chi connectivity index (χ2v) is 5.62. The van der Waals surface area contributed by atoms with Gasteiger partial charge in [0.25, 0.3) is 0 Å². The van der Waals surface area contributed by atoms with Crippen LogP contribution in [0.5, 0.6) is 0 Å². The number of nitrogens with one attached hydrogen (secondary N) is 1. The molecule has 0 saturated heterocycles. The largest absolute Gasteiger partial charge is 0.359 e. The van der Waals surface area contributed by atoms with Gasteiger partial charge in [0.1, 0.15) is 5.82 Å². The van der Waals surface area contributed by atoms with Gasteiger partial charge >= 0.3 is 0 Å². The van der Waals surface area contributed by atoms with Gasteiger partial charge in [0.05, 0.1) is 17.0 Å². The van der Waals surface area contributed by atoms with Gasteiger partial charge in [-0.3, -0.25) is 9.59 Å². The summed E-state index contributed by atoms with van der Waals surface area (Å²) < 4.78 is 13.6. The Morgan fingerprint density at radius 2 is 2.00 bits per heavy atom. The molecule has 0 aliphatic heterocycles. The van der Waals surface area contributed by atoms with E-state index < -0.39 is 11.2 Å². The van der Waals surface area contributed by atoms with E-state index in [2.05, 4.69) is 5.32 Å². The maximum atomic E-state index is 13.6. The monoisotopic (exact) mass is 305 g/mol. The van der Waals surface area contributed by atoms with Crippen LogP contribution in [0.25, 0.3) is 0 Å². The van der Waals surface area contributed by atoms with Crippen LogP contribution in [0.4, 0.5) is 4.39 Å². The fourth-order valence-electron chi connectivity index (χ4n) is 2.11. The zero-order chi connectivity index (χ0) is 16.9. The van der Waals surface area contributed by atoms with E-state index >= 15 is 0 Å². The number of carbonyl (C=O) groups excluding carboxylic acids is 2. The molecule has 0 fully saturated rings. The van der Waals surface area contributed by atoms with Crippen molar-refractivity contribution in [3.05, 3.63) is 35.1 Å². The van der Waals surface area contributed by atoms with Crippen LogP contribution >= 0.6 is 0 Å². The van der Waals surface area contributed by atoms with Crippen molar-refractivity contribution >= 4 is 11.8 Å². The number of likely N-dealkylation sites (N-methyl/N-ethyl adjacent to an activating group) is 1. The highest BCUT2D eigenvalue weighted by atomic mass is 19.1. The highest BCUT2D eigenvalue weighted by Gasteiger charge is 2.33. The second-order valence-electron chi connectivity index (χ2n) is 5.62. The number of hydrogen-bond donors (Lipinski definition) is 1. The first-order chi connectivity index (χ1) is 10.2. The van der Waals surface area contributed by atoms with Crippen molar-refractivity contribution in [1.82, 2.24) is 10.2 Å². The van der Waals surface area contributed by atoms with E-state index in [4.69, 9.17) is 5.26 Å². The van der Waals surface area contributed by atoms with Gasteiger partial charge < -0.3 is 10.2 Å². The van der Waals surface area contributed by atoms with E-state index in [9.17, 15) is 14.0 Å². The molecule has 0 aliphatic carbocycles. The van der Waals surface area contributed by atoms with Gasteiger partial charge in [0.15, 0.2) is 0 Å². The minimum atomic E-state index is -0.995. The Morgan fingerprint density at radius 1 is 1.36 bits per heavy atom. The van der Waals surface area contributed by atoms with E-state index in [-0.39, 0.29) is 30.3 Å². The summed E-state index contributed by atoms with van der Waals surface area (Å²) >= 11 is 0. The highest BCUT2D eigenvalue weighted by molar-refractivity contribution is 5.87. The summed E-state index contributed by atoms with van der Waals surface area (Å²) in [6.07, 6.45) is 0.196. The van der Waals surface area contributed by atoms with Crippen molar-refractivity contribution in [1.29, 1.82) is 5.26 Å². The first-order valence-corrected chi connectivity index (χ1v) is 6.89. The van der Waals surface area contributed by atoms with Crippen molar-refractivity contribution in [3.63, 3.8) is 0 Å². The van der Waals surface area contributed by atoms with Gasteiger partial charge in [-0.2, -0.15) is 5.26 Å². The van der Waals surface area contributed by atoms with Crippen LogP contribution in [-0.2, 0) is 15.0 Å². The molecule has 22 heavy (non-hydrogen) atoms. The summed E-state index contributed by atoms with van der Waals surface area (Å²) in [5.74, 6) is -0.955. The van der Waals surface area contributed by atoms with Gasteiger partial charge in [-0.25, -0.2) is 4.39 Å². The lowest BCUT2D eigenvalue weighted by Gasteiger charge is -2.30. The maximum absolute atomic E-state index is 13.6. The molecule has 0 atom stereocenters. The zero-order valence-corrected chi connectivity index (χ0v) is 13.2. The molecule has 6 heteroatoms. The lowest BCUT2D eigenvalue weighted by atomic mass is 9.82. The van der Waals surface area contributed by atoms with Gasteiger partial charge in [0.2, 0.25) is 11.8 Å². The smallest absolute Gasteiger partial charge is 0.232 e. The molecule has 2 amide bonds. The first-order valence-electron chi connectivity index (χ1n) is 6.89. The van der Waals surface area contributed by atoms with E-state index in [1.807, 2.05) is 6.07 Å². The molecule has 0 spiro atoms. The number of halogens is 1. The van der Waals surface area contributed by atoms with Gasteiger partial charge in [-0.15, -0.1) is 0 Å². The minimum Gasteiger partial charge on any atom is -0.359 e. The Morgan fingerprint density at radius 3 is 2.55 bits per heavy atom. The normalized spacial score (nSPS) is 10.7. The average Bonchev–Trinajstić information content (AvgIpc) is 2.50. The third kappa shape index (κ3) is 4.04. The Labute approximate surface area is 129 Å². The van der Waals surface area contributed by atoms with Crippen molar-refractivity contribution < 1.29 is 14.0 Å². The molecule has 0 bridgehead atoms. The number of hydrogen-bond acceptors (Lipinski definition) is 3. The third-order valence-corrected chi connectivity index (χ3v) is 3.58. The van der Waals surface area contributed by atoms with Crippen LogP contribution in [0.3, 0.4) is 0 Å². The Bertz CT molecular complexity index is 620. The minimum absolute atomic E-state index is 0.157. The Kier molecular flexibility index (Phi) is 5.63. The van der Waals surface area contributed by atoms with Crippen LogP contribution in [0, 0.1) is 17.1 Å². The zero-order valence-electron chi connectivity index (χ0n) is 13.2. The van der Waals surface area contributed by atoms with Crippen molar-refractivity contribution in [2.75, 3.05) is 20.6 Å². The molecule has 1 aromatic rings. The number of carbonyl (C=O) groups is 2. The SMILES string of the molecule is CNC(=O)CCN(C)C(=O)C(C)(C)c1cc(F)cc(C#N)c1. The summed E-state index contributed by atoms with van der Waals surface area (Å²) in [6, 6.07) is 5.77. The Balaban J connectivity index is 2.97. The summed E-state index contributed by atoms with van der Waals surface area (Å²) in [6.45, 7) is 3.60. The third-order valence-electron chi connectivity index (χ3n) is 3.58. The van der Waals surface area contributed by atoms with E-state index in [1.54, 1.807) is 20.9 Å². The lowest BCUT2D eigenvalue weighted by Crippen LogP contribution is -2.42. The van der Waals surface area contributed by atoms with Crippen LogP contribution in [0.15, 0.2) is 18.2 Å². The predicted octanol–water partition coefficient (Wildman–Crippen LogP) is 1.57. The lowest BCUT2D eigenvalue weighted by molar-refractivity contribution is -0.135. The molecule has 0 saturated carbocycles. The van der Waals surface area contributed by atoms with Crippen LogP contribution < -0.4 is 5.32 Å². The fourth-order valence-corrected chi connectivity index (χ4v) is 2.11. The molecule has 1 aromatic carbocycles. The number of nitriles is 1. The van der Waals surface area contributed by atoms with Gasteiger partial charge in [0, 0.05) is 27.1 Å². The number of rotatable bonds is 5. The molecule has 0 aromatic heterocycles. The van der Waals surface area contributed by atoms with Crippen molar-refractivity contribution in [3.8, 4) is 6.07 Å². The van der Waals surface area contributed by atoms with Crippen LogP contribution in [0.1, 0.15) is 31.4 Å². The molecular weight excluding hydrogens is 285 g/mol. The maximum Gasteiger partial charge on any atom is 0.232 e. The van der Waals surface area contributed by atoms with Crippen LogP contribution in [-0.4, -0.2) is 37.4 Å². The molecule has 1 N–H and O–H groups in total. The highest BCUT2D eigenvalue weighted by Crippen LogP contribution is 2.27. The van der Waals surface area contributed by atoms with Gasteiger partial charge in [-0.1, -0.05) is 0 Å². The first kappa shape index (κ1) is 17.6. The van der Waals surface area contributed by atoms with E-state index in [0.717, 1.165) is 6.07 Å². The molecule has 0 heterocycles. The second kappa shape index (κ2) is 7.03. The van der Waals surface area contributed by atoms with Crippen LogP contribution in [0.2, 0.25) is 0 Å². The number of nitrogens with zero attached hydrogens (tertiary/aromatic N) is 2. The fraction of sp³-hybridized carbons (Fsp3) is 0.438. The summed E-state index contributed by atoms with van der Waals surface area (Å²) in [5, 5.41) is 11.4. The summed E-state index contributed by atoms with van der Waals surface area (Å²) in [4.78, 5) is 25.3. The topological polar surface area (TPSA) is 73.2 Å². The summed E-state index contributed by atoms with van der Waals surface area (Å²) in [5.41, 5.74) is -0.393. The van der Waals surface area contributed by atoms with Crippen molar-refractivity contribution in [2.24, 2.45) is 0 Å². The van der Waals surface area contributed by atoms with E-state index in [1.165, 1.54) is 24.1 Å². The summed E-state index contributed by atoms with van der Waals surface area (Å²) in [7, 11) is 3.13. The molecule has 0 unspecified atom stereocenters. The average molecular weight is 305 g/mol. The number of benzene rings is 1.